The molecule has 2 aromatic carbocycles. The largest absolute Gasteiger partial charge is 0.378 e. The Morgan fingerprint density at radius 3 is 2.37 bits per heavy atom. The van der Waals surface area contributed by atoms with E-state index in [1.54, 1.807) is 0 Å². The third-order valence-corrected chi connectivity index (χ3v) is 5.42. The highest BCUT2D eigenvalue weighted by atomic mass is 32.2. The van der Waals surface area contributed by atoms with Crippen LogP contribution in [0, 0.1) is 17.0 Å². The summed E-state index contributed by atoms with van der Waals surface area (Å²) >= 11 is 0. The minimum absolute atomic E-state index is 0.0457. The number of nitrogens with one attached hydrogen (secondary N) is 1. The van der Waals surface area contributed by atoms with Crippen LogP contribution in [0.15, 0.2) is 41.3 Å². The fourth-order valence-electron chi connectivity index (χ4n) is 2.44. The number of nitro groups is 1. The van der Waals surface area contributed by atoms with Crippen LogP contribution in [-0.2, 0) is 16.4 Å². The van der Waals surface area contributed by atoms with Gasteiger partial charge in [-0.3, -0.25) is 10.1 Å². The number of halogens is 2. The molecule has 0 aliphatic heterocycles. The molecule has 0 saturated carbocycles. The molecular weight excluding hydrogens is 380 g/mol. The fourth-order valence-corrected chi connectivity index (χ4v) is 3.18. The van der Waals surface area contributed by atoms with Crippen molar-refractivity contribution in [2.45, 2.75) is 24.1 Å². The molecule has 0 radical (unpaired) electrons. The minimum atomic E-state index is -4.91. The lowest BCUT2D eigenvalue weighted by Crippen LogP contribution is -2.12. The highest BCUT2D eigenvalue weighted by Crippen LogP contribution is 2.30. The van der Waals surface area contributed by atoms with E-state index in [4.69, 9.17) is 0 Å². The maximum absolute atomic E-state index is 12.7. The molecule has 0 saturated heterocycles. The fraction of sp³-hybridized carbons (Fsp3) is 0.294. The van der Waals surface area contributed by atoms with Crippen molar-refractivity contribution in [1.29, 1.82) is 0 Å². The number of rotatable bonds is 7. The molecule has 0 spiro atoms. The summed E-state index contributed by atoms with van der Waals surface area (Å²) < 4.78 is 48.4. The van der Waals surface area contributed by atoms with Crippen molar-refractivity contribution in [3.63, 3.8) is 0 Å². The highest BCUT2D eigenvalue weighted by Gasteiger charge is 2.29. The summed E-state index contributed by atoms with van der Waals surface area (Å²) in [4.78, 5) is 11.6. The van der Waals surface area contributed by atoms with Crippen molar-refractivity contribution < 1.29 is 22.1 Å². The molecule has 2 rings (SSSR count). The molecule has 0 aliphatic carbocycles. The van der Waals surface area contributed by atoms with Gasteiger partial charge in [-0.15, -0.1) is 0 Å². The van der Waals surface area contributed by atoms with Gasteiger partial charge >= 0.3 is 5.76 Å². The number of benzene rings is 2. The van der Waals surface area contributed by atoms with Crippen LogP contribution in [0.1, 0.15) is 11.1 Å². The Hall–Kier alpha value is -2.75. The van der Waals surface area contributed by atoms with E-state index in [0.717, 1.165) is 28.9 Å². The lowest BCUT2D eigenvalue weighted by atomic mass is 10.1. The Labute approximate surface area is 155 Å². The zero-order valence-electron chi connectivity index (χ0n) is 14.9. The first-order valence-electron chi connectivity index (χ1n) is 7.85. The maximum atomic E-state index is 12.7. The number of sulfone groups is 1. The van der Waals surface area contributed by atoms with Crippen molar-refractivity contribution in [3.8, 4) is 0 Å². The van der Waals surface area contributed by atoms with E-state index >= 15 is 0 Å². The molecule has 27 heavy (non-hydrogen) atoms. The number of nitrogens with zero attached hydrogens (tertiary/aromatic N) is 2. The Bertz CT molecular complexity index is 963. The summed E-state index contributed by atoms with van der Waals surface area (Å²) in [5.74, 6) is -3.64. The van der Waals surface area contributed by atoms with E-state index in [1.807, 2.05) is 44.1 Å². The number of nitro benzene ring substituents is 1. The molecule has 0 aliphatic rings. The van der Waals surface area contributed by atoms with Gasteiger partial charge in [0.15, 0.2) is 0 Å². The number of aryl methyl sites for hydroxylation is 1. The average Bonchev–Trinajstić information content (AvgIpc) is 2.60. The number of anilines is 2. The molecule has 2 aromatic rings. The maximum Gasteiger partial charge on any atom is 0.341 e. The smallest absolute Gasteiger partial charge is 0.341 e. The van der Waals surface area contributed by atoms with E-state index in [9.17, 15) is 27.3 Å². The lowest BCUT2D eigenvalue weighted by molar-refractivity contribution is -0.384. The topological polar surface area (TPSA) is 92.6 Å². The van der Waals surface area contributed by atoms with E-state index in [0.29, 0.717) is 6.07 Å². The van der Waals surface area contributed by atoms with Crippen LogP contribution in [0.5, 0.6) is 0 Å². The van der Waals surface area contributed by atoms with Gasteiger partial charge in [-0.2, -0.15) is 8.78 Å². The first-order chi connectivity index (χ1) is 12.5. The predicted molar refractivity (Wildman–Crippen MR) is 99.1 cm³/mol. The zero-order chi connectivity index (χ0) is 20.4. The predicted octanol–water partition coefficient (Wildman–Crippen LogP) is 3.58. The first kappa shape index (κ1) is 20.6. The van der Waals surface area contributed by atoms with Gasteiger partial charge < -0.3 is 10.2 Å². The highest BCUT2D eigenvalue weighted by molar-refractivity contribution is 7.91. The summed E-state index contributed by atoms with van der Waals surface area (Å²) in [6.45, 7) is 2.15. The first-order valence-corrected chi connectivity index (χ1v) is 9.40. The van der Waals surface area contributed by atoms with Crippen LogP contribution in [0.4, 0.5) is 25.8 Å². The molecule has 0 fully saturated rings. The Balaban J connectivity index is 2.30. The Morgan fingerprint density at radius 1 is 1.19 bits per heavy atom. The lowest BCUT2D eigenvalue weighted by Gasteiger charge is -2.16. The van der Waals surface area contributed by atoms with Crippen molar-refractivity contribution in [1.82, 2.24) is 0 Å². The second-order valence-corrected chi connectivity index (χ2v) is 8.02. The molecule has 0 unspecified atom stereocenters. The van der Waals surface area contributed by atoms with Gasteiger partial charge in [0, 0.05) is 32.4 Å². The third kappa shape index (κ3) is 4.51. The van der Waals surface area contributed by atoms with Gasteiger partial charge in [0.2, 0.25) is 9.84 Å². The minimum Gasteiger partial charge on any atom is -0.378 e. The summed E-state index contributed by atoms with van der Waals surface area (Å²) in [5.41, 5.74) is 2.32. The molecule has 0 atom stereocenters. The molecule has 146 valence electrons. The Morgan fingerprint density at radius 2 is 1.85 bits per heavy atom. The van der Waals surface area contributed by atoms with E-state index < -0.39 is 31.1 Å². The van der Waals surface area contributed by atoms with Crippen LogP contribution in [0.3, 0.4) is 0 Å². The monoisotopic (exact) mass is 399 g/mol. The molecular formula is C17H19F2N3O4S. The van der Waals surface area contributed by atoms with Gasteiger partial charge in [-0.05, 0) is 42.3 Å². The SMILES string of the molecule is Cc1cc(N(C)C)ccc1CNc1ccc(S(=O)(=O)C(F)F)cc1[N+](=O)[O-]. The molecule has 0 amide bonds. The van der Waals surface area contributed by atoms with Crippen molar-refractivity contribution in [2.75, 3.05) is 24.3 Å². The molecule has 1 N–H and O–H groups in total. The quantitative estimate of drug-likeness (QED) is 0.565. The molecule has 0 aromatic heterocycles. The average molecular weight is 399 g/mol. The van der Waals surface area contributed by atoms with Crippen LogP contribution >= 0.6 is 0 Å². The normalized spacial score (nSPS) is 11.5. The number of hydrogen-bond donors (Lipinski definition) is 1. The van der Waals surface area contributed by atoms with Gasteiger partial charge in [0.05, 0.1) is 9.82 Å². The molecule has 0 heterocycles. The van der Waals surface area contributed by atoms with Crippen molar-refractivity contribution in [2.24, 2.45) is 0 Å². The molecule has 7 nitrogen and oxygen atoms in total. The van der Waals surface area contributed by atoms with Gasteiger partial charge in [-0.1, -0.05) is 6.07 Å². The van der Waals surface area contributed by atoms with Crippen LogP contribution in [0.25, 0.3) is 0 Å². The van der Waals surface area contributed by atoms with Crippen LogP contribution in [-0.4, -0.2) is 33.2 Å². The third-order valence-electron chi connectivity index (χ3n) is 4.04. The summed E-state index contributed by atoms with van der Waals surface area (Å²) in [5, 5.41) is 14.1. The number of hydrogen-bond acceptors (Lipinski definition) is 6. The van der Waals surface area contributed by atoms with E-state index in [1.165, 1.54) is 0 Å². The summed E-state index contributed by atoms with van der Waals surface area (Å²) in [6.07, 6.45) is 0. The van der Waals surface area contributed by atoms with Gasteiger partial charge in [0.1, 0.15) is 5.69 Å². The molecule has 10 heteroatoms. The van der Waals surface area contributed by atoms with Crippen LogP contribution < -0.4 is 10.2 Å². The van der Waals surface area contributed by atoms with E-state index in [2.05, 4.69) is 5.32 Å². The summed E-state index contributed by atoms with van der Waals surface area (Å²) in [6, 6.07) is 8.43. The molecule has 0 bridgehead atoms. The second-order valence-electron chi connectivity index (χ2n) is 6.10. The van der Waals surface area contributed by atoms with E-state index in [-0.39, 0.29) is 12.2 Å². The Kier molecular flexibility index (Phi) is 5.99. The van der Waals surface area contributed by atoms with Crippen LogP contribution in [0.2, 0.25) is 0 Å². The standard InChI is InChI=1S/C17H19F2N3O4S/c1-11-8-13(21(2)3)5-4-12(11)10-20-15-7-6-14(9-16(15)22(23)24)27(25,26)17(18)19/h4-9,17,20H,10H2,1-3H3. The number of alkyl halides is 2. The van der Waals surface area contributed by atoms with Gasteiger partial charge in [0.25, 0.3) is 5.69 Å². The summed E-state index contributed by atoms with van der Waals surface area (Å²) in [7, 11) is -1.09. The second kappa shape index (κ2) is 7.87. The zero-order valence-corrected chi connectivity index (χ0v) is 15.8. The van der Waals surface area contributed by atoms with Crippen molar-refractivity contribution in [3.05, 3.63) is 57.6 Å². The van der Waals surface area contributed by atoms with Crippen molar-refractivity contribution >= 4 is 26.9 Å². The van der Waals surface area contributed by atoms with Gasteiger partial charge in [-0.25, -0.2) is 8.42 Å².